The maximum Gasteiger partial charge on any atom is 0.0244 e. The van der Waals surface area contributed by atoms with Crippen molar-refractivity contribution in [2.75, 3.05) is 19.6 Å². The van der Waals surface area contributed by atoms with Crippen LogP contribution in [0, 0.1) is 11.3 Å². The molecular formula is C17H36N2. The van der Waals surface area contributed by atoms with E-state index in [0.29, 0.717) is 11.5 Å². The molecule has 0 aromatic carbocycles. The number of unbranched alkanes of at least 4 members (excludes halogenated alkanes) is 2. The molecule has 0 radical (unpaired) electrons. The van der Waals surface area contributed by atoms with E-state index >= 15 is 0 Å². The predicted octanol–water partition coefficient (Wildman–Crippen LogP) is 3.91. The maximum atomic E-state index is 3.79. The van der Waals surface area contributed by atoms with E-state index in [1.807, 2.05) is 0 Å². The van der Waals surface area contributed by atoms with E-state index in [9.17, 15) is 0 Å². The summed E-state index contributed by atoms with van der Waals surface area (Å²) in [7, 11) is 0. The van der Waals surface area contributed by atoms with Crippen molar-refractivity contribution in [2.45, 2.75) is 79.3 Å². The van der Waals surface area contributed by atoms with Gasteiger partial charge in [0.1, 0.15) is 0 Å². The van der Waals surface area contributed by atoms with Crippen LogP contribution in [-0.2, 0) is 0 Å². The zero-order chi connectivity index (χ0) is 14.5. The lowest BCUT2D eigenvalue weighted by molar-refractivity contribution is 0.0737. The Hall–Kier alpha value is -0.0800. The summed E-state index contributed by atoms with van der Waals surface area (Å²) in [5.41, 5.74) is 0.367. The molecule has 0 aromatic rings. The lowest BCUT2D eigenvalue weighted by Gasteiger charge is -2.45. The molecule has 2 heteroatoms. The van der Waals surface area contributed by atoms with Crippen LogP contribution in [0.5, 0.6) is 0 Å². The van der Waals surface area contributed by atoms with Gasteiger partial charge in [-0.3, -0.25) is 4.90 Å². The molecule has 1 fully saturated rings. The average molecular weight is 268 g/mol. The summed E-state index contributed by atoms with van der Waals surface area (Å²) in [4.78, 5) is 2.77. The molecule has 114 valence electrons. The van der Waals surface area contributed by atoms with E-state index in [1.165, 1.54) is 45.3 Å². The van der Waals surface area contributed by atoms with Crippen LogP contribution >= 0.6 is 0 Å². The van der Waals surface area contributed by atoms with Gasteiger partial charge >= 0.3 is 0 Å². The molecule has 19 heavy (non-hydrogen) atoms. The highest BCUT2D eigenvalue weighted by atomic mass is 15.2. The van der Waals surface area contributed by atoms with Gasteiger partial charge in [-0.05, 0) is 30.7 Å². The second kappa shape index (κ2) is 7.64. The van der Waals surface area contributed by atoms with Gasteiger partial charge in [0.25, 0.3) is 0 Å². The van der Waals surface area contributed by atoms with Crippen molar-refractivity contribution in [3.8, 4) is 0 Å². The molecule has 1 heterocycles. The molecule has 2 nitrogen and oxygen atoms in total. The van der Waals surface area contributed by atoms with Crippen LogP contribution < -0.4 is 5.32 Å². The molecule has 1 aliphatic heterocycles. The predicted molar refractivity (Wildman–Crippen MR) is 85.6 cm³/mol. The number of piperazine rings is 1. The van der Waals surface area contributed by atoms with Gasteiger partial charge in [-0.25, -0.2) is 0 Å². The van der Waals surface area contributed by atoms with Crippen LogP contribution in [0.4, 0.5) is 0 Å². The summed E-state index contributed by atoms with van der Waals surface area (Å²) in [6, 6.07) is 1.38. The van der Waals surface area contributed by atoms with Gasteiger partial charge in [0, 0.05) is 25.2 Å². The fourth-order valence-corrected chi connectivity index (χ4v) is 3.05. The zero-order valence-corrected chi connectivity index (χ0v) is 14.1. The molecule has 0 bridgehead atoms. The van der Waals surface area contributed by atoms with Gasteiger partial charge < -0.3 is 5.32 Å². The van der Waals surface area contributed by atoms with Crippen molar-refractivity contribution in [1.29, 1.82) is 0 Å². The third-order valence-corrected chi connectivity index (χ3v) is 4.37. The first kappa shape index (κ1) is 17.0. The summed E-state index contributed by atoms with van der Waals surface area (Å²) >= 11 is 0. The van der Waals surface area contributed by atoms with Crippen LogP contribution in [-0.4, -0.2) is 36.6 Å². The van der Waals surface area contributed by atoms with Crippen molar-refractivity contribution >= 4 is 0 Å². The van der Waals surface area contributed by atoms with E-state index in [1.54, 1.807) is 0 Å². The van der Waals surface area contributed by atoms with Crippen LogP contribution in [0.25, 0.3) is 0 Å². The third-order valence-electron chi connectivity index (χ3n) is 4.37. The lowest BCUT2D eigenvalue weighted by atomic mass is 9.84. The first-order valence-corrected chi connectivity index (χ1v) is 8.32. The Balaban J connectivity index is 2.57. The molecule has 1 aliphatic rings. The fraction of sp³-hybridized carbons (Fsp3) is 1.00. The van der Waals surface area contributed by atoms with Gasteiger partial charge in [-0.1, -0.05) is 54.4 Å². The minimum atomic E-state index is 0.367. The molecule has 0 aliphatic carbocycles. The van der Waals surface area contributed by atoms with Gasteiger partial charge in [0.05, 0.1) is 0 Å². The van der Waals surface area contributed by atoms with E-state index < -0.39 is 0 Å². The summed E-state index contributed by atoms with van der Waals surface area (Å²) in [5.74, 6) is 0.798. The van der Waals surface area contributed by atoms with Crippen molar-refractivity contribution in [3.63, 3.8) is 0 Å². The molecule has 2 unspecified atom stereocenters. The monoisotopic (exact) mass is 268 g/mol. The van der Waals surface area contributed by atoms with E-state index in [-0.39, 0.29) is 0 Å². The first-order chi connectivity index (χ1) is 8.84. The average Bonchev–Trinajstić information content (AvgIpc) is 2.29. The Labute approximate surface area is 121 Å². The molecule has 0 saturated carbocycles. The Morgan fingerprint density at radius 2 is 1.89 bits per heavy atom. The number of rotatable bonds is 6. The molecule has 1 rings (SSSR count). The highest BCUT2D eigenvalue weighted by Crippen LogP contribution is 2.25. The number of hydrogen-bond acceptors (Lipinski definition) is 2. The number of hydrogen-bond donors (Lipinski definition) is 1. The largest absolute Gasteiger partial charge is 0.311 e. The van der Waals surface area contributed by atoms with Crippen molar-refractivity contribution in [1.82, 2.24) is 10.2 Å². The van der Waals surface area contributed by atoms with Crippen LogP contribution in [0.1, 0.15) is 67.2 Å². The van der Waals surface area contributed by atoms with Gasteiger partial charge in [0.15, 0.2) is 0 Å². The molecular weight excluding hydrogens is 232 g/mol. The minimum absolute atomic E-state index is 0.367. The second-order valence-electron chi connectivity index (χ2n) is 7.81. The summed E-state index contributed by atoms with van der Waals surface area (Å²) in [6.07, 6.45) is 5.39. The van der Waals surface area contributed by atoms with Gasteiger partial charge in [-0.2, -0.15) is 0 Å². The van der Waals surface area contributed by atoms with Crippen molar-refractivity contribution in [3.05, 3.63) is 0 Å². The summed E-state index contributed by atoms with van der Waals surface area (Å²) in [6.45, 7) is 17.8. The zero-order valence-electron chi connectivity index (χ0n) is 14.1. The summed E-state index contributed by atoms with van der Waals surface area (Å²) in [5, 5.41) is 3.79. The third kappa shape index (κ3) is 5.83. The maximum absolute atomic E-state index is 3.79. The van der Waals surface area contributed by atoms with Crippen molar-refractivity contribution in [2.24, 2.45) is 11.3 Å². The van der Waals surface area contributed by atoms with Crippen LogP contribution in [0.3, 0.4) is 0 Å². The molecule has 1 saturated heterocycles. The van der Waals surface area contributed by atoms with Crippen LogP contribution in [0.2, 0.25) is 0 Å². The topological polar surface area (TPSA) is 15.3 Å². The van der Waals surface area contributed by atoms with Crippen LogP contribution in [0.15, 0.2) is 0 Å². The molecule has 0 aromatic heterocycles. The molecule has 2 atom stereocenters. The first-order valence-electron chi connectivity index (χ1n) is 8.32. The summed E-state index contributed by atoms with van der Waals surface area (Å²) < 4.78 is 0. The fourth-order valence-electron chi connectivity index (χ4n) is 3.05. The second-order valence-corrected chi connectivity index (χ2v) is 7.81. The van der Waals surface area contributed by atoms with E-state index in [0.717, 1.165) is 12.0 Å². The van der Waals surface area contributed by atoms with Gasteiger partial charge in [0.2, 0.25) is 0 Å². The standard InChI is InChI=1S/C17H36N2/c1-7-8-9-10-19-13-16(17(4,5)6)18-12-15(19)11-14(2)3/h14-16,18H,7-13H2,1-6H3. The molecule has 1 N–H and O–H groups in total. The van der Waals surface area contributed by atoms with Crippen molar-refractivity contribution < 1.29 is 0 Å². The number of nitrogens with zero attached hydrogens (tertiary/aromatic N) is 1. The Kier molecular flexibility index (Phi) is 6.82. The van der Waals surface area contributed by atoms with Gasteiger partial charge in [-0.15, -0.1) is 0 Å². The van der Waals surface area contributed by atoms with E-state index in [2.05, 4.69) is 51.8 Å². The van der Waals surface area contributed by atoms with E-state index in [4.69, 9.17) is 0 Å². The Bertz CT molecular complexity index is 242. The molecule has 0 amide bonds. The normalized spacial score (nSPS) is 26.1. The smallest absolute Gasteiger partial charge is 0.0244 e. The Morgan fingerprint density at radius 3 is 2.42 bits per heavy atom. The number of nitrogens with one attached hydrogen (secondary N) is 1. The highest BCUT2D eigenvalue weighted by molar-refractivity contribution is 4.92. The molecule has 0 spiro atoms. The SMILES string of the molecule is CCCCCN1CC(C(C)(C)C)NCC1CC(C)C. The Morgan fingerprint density at radius 1 is 1.21 bits per heavy atom. The minimum Gasteiger partial charge on any atom is -0.311 e. The quantitative estimate of drug-likeness (QED) is 0.735. The highest BCUT2D eigenvalue weighted by Gasteiger charge is 2.33. The lowest BCUT2D eigenvalue weighted by Crippen LogP contribution is -2.60.